The van der Waals surface area contributed by atoms with Gasteiger partial charge in [-0.2, -0.15) is 17.2 Å². The summed E-state index contributed by atoms with van der Waals surface area (Å²) in [4.78, 5) is 33.4. The first-order valence-electron chi connectivity index (χ1n) is 11.9. The smallest absolute Gasteiger partial charge is 0.346 e. The Morgan fingerprint density at radius 2 is 1.60 bits per heavy atom. The van der Waals surface area contributed by atoms with Crippen LogP contribution in [0.4, 0.5) is 23.2 Å². The van der Waals surface area contributed by atoms with Gasteiger partial charge in [0.05, 0.1) is 10.5 Å². The van der Waals surface area contributed by atoms with Gasteiger partial charge in [0.25, 0.3) is 11.1 Å². The van der Waals surface area contributed by atoms with Crippen LogP contribution in [0.1, 0.15) is 21.5 Å². The summed E-state index contributed by atoms with van der Waals surface area (Å²) in [5.74, 6) is -11.3. The van der Waals surface area contributed by atoms with Crippen molar-refractivity contribution in [3.05, 3.63) is 109 Å². The highest BCUT2D eigenvalue weighted by molar-refractivity contribution is 7.87. The normalized spacial score (nSPS) is 11.7. The number of carboxylic acids is 1. The van der Waals surface area contributed by atoms with Crippen molar-refractivity contribution in [2.45, 2.75) is 18.7 Å². The highest BCUT2D eigenvalue weighted by Crippen LogP contribution is 2.45. The van der Waals surface area contributed by atoms with Gasteiger partial charge in [0, 0.05) is 22.6 Å². The Morgan fingerprint density at radius 1 is 0.953 bits per heavy atom. The lowest BCUT2D eigenvalue weighted by Gasteiger charge is -2.18. The minimum Gasteiger partial charge on any atom is -0.478 e. The number of nitro benzene ring substituents is 1. The van der Waals surface area contributed by atoms with Crippen molar-refractivity contribution in [2.75, 3.05) is 0 Å². The lowest BCUT2D eigenvalue weighted by Crippen LogP contribution is -2.15. The van der Waals surface area contributed by atoms with Gasteiger partial charge in [-0.3, -0.25) is 14.9 Å². The van der Waals surface area contributed by atoms with Gasteiger partial charge < -0.3 is 13.7 Å². The van der Waals surface area contributed by atoms with Crippen LogP contribution in [0.25, 0.3) is 33.4 Å². The highest BCUT2D eigenvalue weighted by Gasteiger charge is 2.34. The fourth-order valence-corrected chi connectivity index (χ4v) is 5.68. The maximum atomic E-state index is 15.9. The lowest BCUT2D eigenvalue weighted by molar-refractivity contribution is -0.387. The number of hydrogen-bond donors (Lipinski definition) is 1. The Morgan fingerprint density at radius 3 is 2.26 bits per heavy atom. The van der Waals surface area contributed by atoms with Crippen molar-refractivity contribution in [1.82, 2.24) is 0 Å². The van der Waals surface area contributed by atoms with Gasteiger partial charge >= 0.3 is 16.1 Å². The molecule has 3 aromatic carbocycles. The largest absolute Gasteiger partial charge is 0.478 e. The van der Waals surface area contributed by atoms with Crippen molar-refractivity contribution < 1.29 is 49.4 Å². The van der Waals surface area contributed by atoms with E-state index in [2.05, 4.69) is 4.18 Å². The molecular weight excluding hydrogens is 602 g/mol. The quantitative estimate of drug-likeness (QED) is 0.0781. The maximum Gasteiger partial charge on any atom is 0.346 e. The van der Waals surface area contributed by atoms with Crippen LogP contribution in [-0.4, -0.2) is 24.4 Å². The molecule has 0 unspecified atom stereocenters. The summed E-state index contributed by atoms with van der Waals surface area (Å²) in [6, 6.07) is 7.67. The summed E-state index contributed by atoms with van der Waals surface area (Å²) >= 11 is 0. The number of hydrogen-bond acceptors (Lipinski definition) is 8. The third-order valence-electron chi connectivity index (χ3n) is 6.67. The van der Waals surface area contributed by atoms with Gasteiger partial charge in [0.2, 0.25) is 17.4 Å². The summed E-state index contributed by atoms with van der Waals surface area (Å²) in [6.07, 6.45) is 0. The Labute approximate surface area is 238 Å². The molecule has 1 N–H and O–H groups in total. The number of carbonyl (C=O) groups is 1. The van der Waals surface area contributed by atoms with E-state index < -0.39 is 99.5 Å². The summed E-state index contributed by atoms with van der Waals surface area (Å²) in [5.41, 5.74) is -5.01. The third kappa shape index (κ3) is 4.72. The molecule has 3 aromatic rings. The minimum absolute atomic E-state index is 0.270. The topological polar surface area (TPSA) is 154 Å². The van der Waals surface area contributed by atoms with Crippen molar-refractivity contribution in [2.24, 2.45) is 0 Å². The zero-order valence-corrected chi connectivity index (χ0v) is 22.5. The lowest BCUT2D eigenvalue weighted by atomic mass is 9.90. The van der Waals surface area contributed by atoms with Crippen LogP contribution in [0.3, 0.4) is 0 Å². The van der Waals surface area contributed by atoms with Gasteiger partial charge in [-0.25, -0.2) is 13.6 Å². The van der Waals surface area contributed by atoms with E-state index in [9.17, 15) is 42.0 Å². The van der Waals surface area contributed by atoms with Crippen molar-refractivity contribution in [3.63, 3.8) is 0 Å². The minimum atomic E-state index is -5.30. The molecular formula is C28H15F4NO9S. The van der Waals surface area contributed by atoms with Crippen molar-refractivity contribution in [1.29, 1.82) is 0 Å². The summed E-state index contributed by atoms with van der Waals surface area (Å²) < 4.78 is 96.8. The van der Waals surface area contributed by atoms with Gasteiger partial charge in [0.1, 0.15) is 0 Å². The van der Waals surface area contributed by atoms with E-state index in [1.165, 1.54) is 32.0 Å². The molecule has 0 atom stereocenters. The molecule has 1 heterocycles. The first kappa shape index (κ1) is 29.2. The number of aryl methyl sites for hydroxylation is 2. The number of benzene rings is 4. The number of aromatic carboxylic acids is 1. The molecule has 10 nitrogen and oxygen atoms in total. The van der Waals surface area contributed by atoms with Crippen molar-refractivity contribution in [3.8, 4) is 28.2 Å². The van der Waals surface area contributed by atoms with E-state index in [1.807, 2.05) is 0 Å². The van der Waals surface area contributed by atoms with Crippen LogP contribution in [0, 0.1) is 47.2 Å². The fourth-order valence-electron chi connectivity index (χ4n) is 4.51. The summed E-state index contributed by atoms with van der Waals surface area (Å²) in [7, 11) is -5.30. The van der Waals surface area contributed by atoms with Crippen LogP contribution < -0.4 is 9.61 Å². The molecule has 5 rings (SSSR count). The van der Waals surface area contributed by atoms with Crippen LogP contribution in [0.2, 0.25) is 0 Å². The number of carboxylic acid groups (broad SMARTS) is 1. The fraction of sp³-hybridized carbons (Fsp3) is 0.0714. The Kier molecular flexibility index (Phi) is 6.92. The predicted octanol–water partition coefficient (Wildman–Crippen LogP) is 6.11. The molecule has 0 radical (unpaired) electrons. The van der Waals surface area contributed by atoms with Crippen LogP contribution in [0.5, 0.6) is 5.75 Å². The maximum absolute atomic E-state index is 15.9. The van der Waals surface area contributed by atoms with Crippen LogP contribution in [-0.2, 0) is 10.1 Å². The van der Waals surface area contributed by atoms with E-state index >= 15 is 8.78 Å². The number of halogens is 4. The SMILES string of the molecule is Cc1cc([N+](=O)[O-])c(S(=O)(=O)Oc2c(F)cc3c(-c4ccccc4C(=O)O)c4cc(F)c(=O)c(F)c-4oc3c2F)cc1C. The van der Waals surface area contributed by atoms with Gasteiger partial charge in [-0.1, -0.05) is 18.2 Å². The van der Waals surface area contributed by atoms with E-state index in [0.717, 1.165) is 18.2 Å². The van der Waals surface area contributed by atoms with Crippen molar-refractivity contribution >= 4 is 32.7 Å². The number of fused-ring (bicyclic) bond motifs is 2. The van der Waals surface area contributed by atoms with E-state index in [4.69, 9.17) is 4.42 Å². The average molecular weight is 617 g/mol. The van der Waals surface area contributed by atoms with Crippen LogP contribution >= 0.6 is 0 Å². The summed E-state index contributed by atoms with van der Waals surface area (Å²) in [5, 5.41) is 20.6. The highest BCUT2D eigenvalue weighted by atomic mass is 32.2. The molecule has 15 heteroatoms. The first-order valence-corrected chi connectivity index (χ1v) is 13.3. The second-order valence-corrected chi connectivity index (χ2v) is 10.8. The molecule has 0 saturated heterocycles. The van der Waals surface area contributed by atoms with E-state index in [-0.39, 0.29) is 11.1 Å². The zero-order valence-electron chi connectivity index (χ0n) is 21.7. The molecule has 0 spiro atoms. The second kappa shape index (κ2) is 10.2. The molecule has 1 aliphatic carbocycles. The van der Waals surface area contributed by atoms with E-state index in [0.29, 0.717) is 17.7 Å². The molecule has 1 aliphatic heterocycles. The van der Waals surface area contributed by atoms with E-state index in [1.54, 1.807) is 0 Å². The van der Waals surface area contributed by atoms with Gasteiger partial charge in [-0.05, 0) is 54.8 Å². The van der Waals surface area contributed by atoms with Gasteiger partial charge in [-0.15, -0.1) is 0 Å². The Hall–Kier alpha value is -5.31. The third-order valence-corrected chi connectivity index (χ3v) is 7.92. The Balaban J connectivity index is 1.86. The second-order valence-electron chi connectivity index (χ2n) is 9.28. The molecule has 220 valence electrons. The van der Waals surface area contributed by atoms with Gasteiger partial charge in [0.15, 0.2) is 27.9 Å². The monoisotopic (exact) mass is 617 g/mol. The summed E-state index contributed by atoms with van der Waals surface area (Å²) in [6.45, 7) is 2.89. The Bertz CT molecular complexity index is 2180. The molecule has 0 fully saturated rings. The molecule has 43 heavy (non-hydrogen) atoms. The average Bonchev–Trinajstić information content (AvgIpc) is 2.94. The molecule has 0 aromatic heterocycles. The number of nitro groups is 1. The predicted molar refractivity (Wildman–Crippen MR) is 142 cm³/mol. The molecule has 0 saturated carbocycles. The zero-order chi connectivity index (χ0) is 31.5. The molecule has 2 aliphatic rings. The molecule has 0 bridgehead atoms. The standard InChI is InChI=1S/C28H15F4NO9S/c1-11-7-19(33(37)38)20(8-12(11)2)43(39,40)42-27-18(30)10-16-21(13-5-3-4-6-14(13)28(35)36)15-9-17(29)24(34)22(31)25(15)41-26(16)23(27)32/h3-10H,1-2H3,(H,35,36). The molecule has 0 amide bonds. The number of nitrogens with zero attached hydrogens (tertiary/aromatic N) is 1. The van der Waals surface area contributed by atoms with Crippen LogP contribution in [0.15, 0.2) is 62.6 Å². The first-order chi connectivity index (χ1) is 20.1. The number of rotatable bonds is 6.